The molecule has 1 aromatic carbocycles. The zero-order valence-electron chi connectivity index (χ0n) is 11.7. The fraction of sp³-hybridized carbons (Fsp3) is 0.533. The minimum atomic E-state index is -1.12. The van der Waals surface area contributed by atoms with Gasteiger partial charge in [0.05, 0.1) is 11.3 Å². The van der Waals surface area contributed by atoms with Crippen LogP contribution in [-0.2, 0) is 0 Å². The summed E-state index contributed by atoms with van der Waals surface area (Å²) in [5, 5.41) is 11.8. The second kappa shape index (κ2) is 7.12. The fourth-order valence-electron chi connectivity index (χ4n) is 1.94. The van der Waals surface area contributed by atoms with Crippen molar-refractivity contribution in [2.45, 2.75) is 46.1 Å². The first-order valence-corrected chi connectivity index (χ1v) is 6.69. The van der Waals surface area contributed by atoms with Gasteiger partial charge in [0.1, 0.15) is 5.82 Å². The second-order valence-electron chi connectivity index (χ2n) is 5.37. The number of carboxylic acids is 1. The monoisotopic (exact) mass is 267 g/mol. The maximum absolute atomic E-state index is 13.7. The van der Waals surface area contributed by atoms with Crippen LogP contribution >= 0.6 is 0 Å². The molecule has 0 aliphatic heterocycles. The van der Waals surface area contributed by atoms with Crippen LogP contribution in [0.25, 0.3) is 0 Å². The molecule has 3 nitrogen and oxygen atoms in total. The standard InChI is InChI=1S/C15H22FNO2/c1-10(2)5-4-6-11(3)17-14-8-7-12(15(18)19)9-13(14)16/h7-11,17H,4-6H2,1-3H3,(H,18,19). The summed E-state index contributed by atoms with van der Waals surface area (Å²) in [5.41, 5.74) is 0.331. The smallest absolute Gasteiger partial charge is 0.335 e. The Labute approximate surface area is 113 Å². The second-order valence-corrected chi connectivity index (χ2v) is 5.37. The lowest BCUT2D eigenvalue weighted by Gasteiger charge is -2.16. The molecule has 19 heavy (non-hydrogen) atoms. The minimum absolute atomic E-state index is 0.0319. The lowest BCUT2D eigenvalue weighted by molar-refractivity contribution is 0.0696. The molecule has 1 unspecified atom stereocenters. The average Bonchev–Trinajstić information content (AvgIpc) is 2.31. The van der Waals surface area contributed by atoms with Gasteiger partial charge in [0.2, 0.25) is 0 Å². The van der Waals surface area contributed by atoms with E-state index in [1.54, 1.807) is 0 Å². The van der Waals surface area contributed by atoms with Crippen LogP contribution in [0.5, 0.6) is 0 Å². The van der Waals surface area contributed by atoms with E-state index in [9.17, 15) is 9.18 Å². The van der Waals surface area contributed by atoms with Gasteiger partial charge < -0.3 is 10.4 Å². The van der Waals surface area contributed by atoms with E-state index in [0.29, 0.717) is 11.6 Å². The molecule has 0 aliphatic rings. The zero-order chi connectivity index (χ0) is 14.4. The SMILES string of the molecule is CC(C)CCCC(C)Nc1ccc(C(=O)O)cc1F. The van der Waals surface area contributed by atoms with Crippen LogP contribution in [0.3, 0.4) is 0 Å². The molecular weight excluding hydrogens is 245 g/mol. The molecule has 0 bridgehead atoms. The number of nitrogens with one attached hydrogen (secondary N) is 1. The van der Waals surface area contributed by atoms with Crippen LogP contribution in [0.15, 0.2) is 18.2 Å². The van der Waals surface area contributed by atoms with Gasteiger partial charge in [-0.2, -0.15) is 0 Å². The molecule has 2 N–H and O–H groups in total. The Hall–Kier alpha value is -1.58. The van der Waals surface area contributed by atoms with Crippen molar-refractivity contribution in [3.05, 3.63) is 29.6 Å². The molecule has 0 fully saturated rings. The highest BCUT2D eigenvalue weighted by atomic mass is 19.1. The van der Waals surface area contributed by atoms with Gasteiger partial charge in [-0.3, -0.25) is 0 Å². The maximum atomic E-state index is 13.7. The summed E-state index contributed by atoms with van der Waals surface area (Å²) in [6.45, 7) is 6.37. The highest BCUT2D eigenvalue weighted by Crippen LogP contribution is 2.18. The Kier molecular flexibility index (Phi) is 5.80. The molecule has 1 atom stereocenters. The summed E-state index contributed by atoms with van der Waals surface area (Å²) < 4.78 is 13.7. The third kappa shape index (κ3) is 5.28. The maximum Gasteiger partial charge on any atom is 0.335 e. The van der Waals surface area contributed by atoms with Crippen molar-refractivity contribution >= 4 is 11.7 Å². The first kappa shape index (κ1) is 15.5. The van der Waals surface area contributed by atoms with Gasteiger partial charge in [-0.15, -0.1) is 0 Å². The Balaban J connectivity index is 2.54. The number of benzene rings is 1. The van der Waals surface area contributed by atoms with Gasteiger partial charge in [-0.05, 0) is 37.5 Å². The molecule has 0 saturated heterocycles. The quantitative estimate of drug-likeness (QED) is 0.780. The normalized spacial score (nSPS) is 12.5. The summed E-state index contributed by atoms with van der Waals surface area (Å²) in [4.78, 5) is 10.7. The molecule has 0 radical (unpaired) electrons. The predicted molar refractivity (Wildman–Crippen MR) is 75.1 cm³/mol. The van der Waals surface area contributed by atoms with Gasteiger partial charge in [-0.1, -0.05) is 26.7 Å². The molecule has 0 aliphatic carbocycles. The molecular formula is C15H22FNO2. The average molecular weight is 267 g/mol. The number of halogens is 1. The third-order valence-corrected chi connectivity index (χ3v) is 3.04. The van der Waals surface area contributed by atoms with Crippen molar-refractivity contribution in [2.24, 2.45) is 5.92 Å². The lowest BCUT2D eigenvalue weighted by atomic mass is 10.0. The van der Waals surface area contributed by atoms with Crippen LogP contribution < -0.4 is 5.32 Å². The summed E-state index contributed by atoms with van der Waals surface area (Å²) in [5.74, 6) is -0.954. The largest absolute Gasteiger partial charge is 0.478 e. The van der Waals surface area contributed by atoms with E-state index in [2.05, 4.69) is 19.2 Å². The number of hydrogen-bond acceptors (Lipinski definition) is 2. The Morgan fingerprint density at radius 3 is 2.53 bits per heavy atom. The number of carboxylic acid groups (broad SMARTS) is 1. The van der Waals surface area contributed by atoms with Crippen LogP contribution in [0.1, 0.15) is 50.4 Å². The highest BCUT2D eigenvalue weighted by molar-refractivity contribution is 5.88. The molecule has 106 valence electrons. The molecule has 0 aromatic heterocycles. The molecule has 0 saturated carbocycles. The first-order chi connectivity index (χ1) is 8.90. The van der Waals surface area contributed by atoms with E-state index < -0.39 is 11.8 Å². The van der Waals surface area contributed by atoms with Crippen molar-refractivity contribution in [1.82, 2.24) is 0 Å². The van der Waals surface area contributed by atoms with Crippen molar-refractivity contribution in [1.29, 1.82) is 0 Å². The van der Waals surface area contributed by atoms with Crippen molar-refractivity contribution in [3.8, 4) is 0 Å². The van der Waals surface area contributed by atoms with Gasteiger partial charge in [-0.25, -0.2) is 9.18 Å². The Morgan fingerprint density at radius 2 is 2.00 bits per heavy atom. The van der Waals surface area contributed by atoms with Crippen LogP contribution in [0.4, 0.5) is 10.1 Å². The number of anilines is 1. The Bertz CT molecular complexity index is 432. The summed E-state index contributed by atoms with van der Waals surface area (Å²) in [6, 6.07) is 4.11. The van der Waals surface area contributed by atoms with E-state index in [1.807, 2.05) is 6.92 Å². The molecule has 0 spiro atoms. The van der Waals surface area contributed by atoms with Gasteiger partial charge in [0, 0.05) is 6.04 Å². The molecule has 1 aromatic rings. The van der Waals surface area contributed by atoms with Crippen LogP contribution in [0, 0.1) is 11.7 Å². The topological polar surface area (TPSA) is 49.3 Å². The fourth-order valence-corrected chi connectivity index (χ4v) is 1.94. The highest BCUT2D eigenvalue weighted by Gasteiger charge is 2.10. The van der Waals surface area contributed by atoms with Crippen molar-refractivity contribution < 1.29 is 14.3 Å². The number of rotatable bonds is 7. The third-order valence-electron chi connectivity index (χ3n) is 3.04. The molecule has 0 amide bonds. The summed E-state index contributed by atoms with van der Waals surface area (Å²) >= 11 is 0. The number of aromatic carboxylic acids is 1. The molecule has 1 rings (SSSR count). The first-order valence-electron chi connectivity index (χ1n) is 6.69. The van der Waals surface area contributed by atoms with Crippen molar-refractivity contribution in [3.63, 3.8) is 0 Å². The van der Waals surface area contributed by atoms with Crippen molar-refractivity contribution in [2.75, 3.05) is 5.32 Å². The van der Waals surface area contributed by atoms with Crippen LogP contribution in [0.2, 0.25) is 0 Å². The zero-order valence-corrected chi connectivity index (χ0v) is 11.7. The summed E-state index contributed by atoms with van der Waals surface area (Å²) in [7, 11) is 0. The number of carbonyl (C=O) groups is 1. The van der Waals surface area contributed by atoms with Crippen LogP contribution in [-0.4, -0.2) is 17.1 Å². The van der Waals surface area contributed by atoms with E-state index in [4.69, 9.17) is 5.11 Å². The van der Waals surface area contributed by atoms with Gasteiger partial charge in [0.25, 0.3) is 0 Å². The van der Waals surface area contributed by atoms with E-state index >= 15 is 0 Å². The van der Waals surface area contributed by atoms with E-state index in [-0.39, 0.29) is 11.6 Å². The van der Waals surface area contributed by atoms with Gasteiger partial charge in [0.15, 0.2) is 0 Å². The molecule has 0 heterocycles. The number of hydrogen-bond donors (Lipinski definition) is 2. The molecule has 4 heteroatoms. The summed E-state index contributed by atoms with van der Waals surface area (Å²) in [6.07, 6.45) is 3.23. The minimum Gasteiger partial charge on any atom is -0.478 e. The van der Waals surface area contributed by atoms with Gasteiger partial charge >= 0.3 is 5.97 Å². The van der Waals surface area contributed by atoms with E-state index in [1.165, 1.54) is 12.1 Å². The van der Waals surface area contributed by atoms with E-state index in [0.717, 1.165) is 25.3 Å². The Morgan fingerprint density at radius 1 is 1.32 bits per heavy atom. The lowest BCUT2D eigenvalue weighted by Crippen LogP contribution is -2.16. The predicted octanol–water partition coefficient (Wildman–Crippen LogP) is 4.15.